The van der Waals surface area contributed by atoms with Gasteiger partial charge in [0.2, 0.25) is 0 Å². The van der Waals surface area contributed by atoms with Crippen LogP contribution in [0.4, 0.5) is 5.69 Å². The van der Waals surface area contributed by atoms with Gasteiger partial charge in [-0.3, -0.25) is 20.5 Å². The average molecular weight is 295 g/mol. The van der Waals surface area contributed by atoms with Gasteiger partial charge in [0.15, 0.2) is 0 Å². The first-order chi connectivity index (χ1) is 9.66. The van der Waals surface area contributed by atoms with Crippen molar-refractivity contribution in [1.29, 1.82) is 0 Å². The molecule has 0 amide bonds. The third-order valence-electron chi connectivity index (χ3n) is 2.95. The van der Waals surface area contributed by atoms with E-state index in [1.165, 1.54) is 24.8 Å². The zero-order valence-electron chi connectivity index (χ0n) is 10.9. The van der Waals surface area contributed by atoms with E-state index in [2.05, 4.69) is 15.5 Å². The molecule has 0 aromatic heterocycles. The fraction of sp³-hybridized carbons (Fsp3) is 0.385. The van der Waals surface area contributed by atoms with Crippen molar-refractivity contribution in [3.63, 3.8) is 0 Å². The van der Waals surface area contributed by atoms with E-state index < -0.39 is 4.92 Å². The lowest BCUT2D eigenvalue weighted by Gasteiger charge is -2.02. The van der Waals surface area contributed by atoms with Gasteiger partial charge in [-0.2, -0.15) is 5.10 Å². The fourth-order valence-electron chi connectivity index (χ4n) is 1.90. The number of nitro groups is 1. The van der Waals surface area contributed by atoms with E-state index in [1.807, 2.05) is 0 Å². The molecular formula is C13H15ClN4O2. The second-order valence-electron chi connectivity index (χ2n) is 4.48. The Labute approximate surface area is 121 Å². The van der Waals surface area contributed by atoms with Crippen molar-refractivity contribution < 1.29 is 4.92 Å². The van der Waals surface area contributed by atoms with Crippen LogP contribution in [-0.2, 0) is 0 Å². The summed E-state index contributed by atoms with van der Waals surface area (Å²) in [4.78, 5) is 14.6. The maximum atomic E-state index is 10.8. The van der Waals surface area contributed by atoms with Gasteiger partial charge in [-0.15, -0.1) is 0 Å². The molecule has 1 aliphatic heterocycles. The van der Waals surface area contributed by atoms with Crippen LogP contribution < -0.4 is 5.43 Å². The van der Waals surface area contributed by atoms with Gasteiger partial charge in [0.25, 0.3) is 5.69 Å². The summed E-state index contributed by atoms with van der Waals surface area (Å²) in [5.74, 6) is 0.863. The Morgan fingerprint density at radius 3 is 3.05 bits per heavy atom. The third kappa shape index (κ3) is 4.03. The molecule has 0 unspecified atom stereocenters. The fourth-order valence-corrected chi connectivity index (χ4v) is 2.08. The van der Waals surface area contributed by atoms with Crippen molar-refractivity contribution in [2.24, 2.45) is 10.1 Å². The van der Waals surface area contributed by atoms with Crippen molar-refractivity contribution in [2.75, 3.05) is 6.54 Å². The monoisotopic (exact) mass is 294 g/mol. The number of aliphatic imine (C=N–C) groups is 1. The van der Waals surface area contributed by atoms with Gasteiger partial charge in [0, 0.05) is 24.6 Å². The molecule has 0 aliphatic carbocycles. The smallest absolute Gasteiger partial charge is 0.271 e. The largest absolute Gasteiger partial charge is 0.288 e. The molecule has 1 heterocycles. The molecule has 0 radical (unpaired) electrons. The van der Waals surface area contributed by atoms with Crippen LogP contribution in [0.1, 0.15) is 31.2 Å². The van der Waals surface area contributed by atoms with Crippen LogP contribution in [0.25, 0.3) is 0 Å². The number of nitrogens with one attached hydrogen (secondary N) is 1. The first-order valence-corrected chi connectivity index (χ1v) is 6.81. The molecule has 0 saturated carbocycles. The molecule has 1 aromatic carbocycles. The molecule has 20 heavy (non-hydrogen) atoms. The van der Waals surface area contributed by atoms with Gasteiger partial charge in [-0.05, 0) is 18.9 Å². The van der Waals surface area contributed by atoms with E-state index in [0.717, 1.165) is 31.6 Å². The number of nitrogens with zero attached hydrogens (tertiary/aromatic N) is 3. The predicted octanol–water partition coefficient (Wildman–Crippen LogP) is 3.14. The molecular weight excluding hydrogens is 280 g/mol. The van der Waals surface area contributed by atoms with Crippen molar-refractivity contribution >= 4 is 29.3 Å². The van der Waals surface area contributed by atoms with Crippen LogP contribution in [0.5, 0.6) is 0 Å². The maximum Gasteiger partial charge on any atom is 0.288 e. The second-order valence-corrected chi connectivity index (χ2v) is 4.88. The highest BCUT2D eigenvalue weighted by molar-refractivity contribution is 6.32. The standard InChI is InChI=1S/C13H15ClN4O2/c14-11-6-5-10(8-12(11)18(19)20)9-16-17-13-4-2-1-3-7-15-13/h5-6,8-9H,1-4,7H2,(H,15,17)/b16-9-. The first-order valence-electron chi connectivity index (χ1n) is 6.43. The predicted molar refractivity (Wildman–Crippen MR) is 79.6 cm³/mol. The van der Waals surface area contributed by atoms with Crippen molar-refractivity contribution in [3.8, 4) is 0 Å². The number of halogens is 1. The topological polar surface area (TPSA) is 79.9 Å². The van der Waals surface area contributed by atoms with Crippen LogP contribution in [-0.4, -0.2) is 23.5 Å². The number of nitro benzene ring substituents is 1. The molecule has 0 fully saturated rings. The lowest BCUT2D eigenvalue weighted by atomic mass is 10.2. The Balaban J connectivity index is 2.02. The van der Waals surface area contributed by atoms with E-state index in [-0.39, 0.29) is 10.7 Å². The Morgan fingerprint density at radius 2 is 2.25 bits per heavy atom. The number of rotatable bonds is 3. The highest BCUT2D eigenvalue weighted by Gasteiger charge is 2.11. The Morgan fingerprint density at radius 1 is 1.40 bits per heavy atom. The summed E-state index contributed by atoms with van der Waals surface area (Å²) in [5, 5.41) is 15.0. The van der Waals surface area contributed by atoms with Gasteiger partial charge >= 0.3 is 0 Å². The molecule has 1 aliphatic rings. The van der Waals surface area contributed by atoms with Crippen molar-refractivity contribution in [1.82, 2.24) is 5.43 Å². The summed E-state index contributed by atoms with van der Waals surface area (Å²) >= 11 is 5.74. The zero-order chi connectivity index (χ0) is 14.4. The SMILES string of the molecule is O=[N+]([O-])c1cc(/C=N\NC2=NCCCCC2)ccc1Cl. The van der Waals surface area contributed by atoms with Crippen LogP contribution in [0, 0.1) is 10.1 Å². The number of hydrogen-bond acceptors (Lipinski definition) is 5. The molecule has 1 aromatic rings. The van der Waals surface area contributed by atoms with E-state index in [4.69, 9.17) is 11.6 Å². The van der Waals surface area contributed by atoms with Gasteiger partial charge < -0.3 is 0 Å². The molecule has 6 nitrogen and oxygen atoms in total. The van der Waals surface area contributed by atoms with Crippen molar-refractivity contribution in [2.45, 2.75) is 25.7 Å². The molecule has 1 N–H and O–H groups in total. The normalized spacial score (nSPS) is 15.8. The minimum atomic E-state index is -0.511. The Kier molecular flexibility index (Phi) is 5.06. The molecule has 7 heteroatoms. The highest BCUT2D eigenvalue weighted by Crippen LogP contribution is 2.24. The number of benzene rings is 1. The van der Waals surface area contributed by atoms with Crippen LogP contribution in [0.2, 0.25) is 5.02 Å². The maximum absolute atomic E-state index is 10.8. The minimum absolute atomic E-state index is 0.119. The number of hydrogen-bond donors (Lipinski definition) is 1. The van der Waals surface area contributed by atoms with Crippen LogP contribution in [0.15, 0.2) is 28.3 Å². The molecule has 0 bridgehead atoms. The third-order valence-corrected chi connectivity index (χ3v) is 3.27. The number of hydrazone groups is 1. The highest BCUT2D eigenvalue weighted by atomic mass is 35.5. The van der Waals surface area contributed by atoms with Crippen molar-refractivity contribution in [3.05, 3.63) is 38.9 Å². The summed E-state index contributed by atoms with van der Waals surface area (Å²) in [6, 6.07) is 4.56. The van der Waals surface area contributed by atoms with E-state index in [0.29, 0.717) is 5.56 Å². The van der Waals surface area contributed by atoms with Gasteiger partial charge in [-0.1, -0.05) is 24.1 Å². The van der Waals surface area contributed by atoms with Crippen LogP contribution >= 0.6 is 11.6 Å². The summed E-state index contributed by atoms with van der Waals surface area (Å²) in [6.07, 6.45) is 5.81. The van der Waals surface area contributed by atoms with Gasteiger partial charge in [-0.25, -0.2) is 0 Å². The zero-order valence-corrected chi connectivity index (χ0v) is 11.6. The summed E-state index contributed by atoms with van der Waals surface area (Å²) < 4.78 is 0. The molecule has 106 valence electrons. The van der Waals surface area contributed by atoms with E-state index in [9.17, 15) is 10.1 Å². The lowest BCUT2D eigenvalue weighted by molar-refractivity contribution is -0.384. The van der Waals surface area contributed by atoms with Gasteiger partial charge in [0.1, 0.15) is 10.9 Å². The first kappa shape index (κ1) is 14.5. The lowest BCUT2D eigenvalue weighted by Crippen LogP contribution is -2.17. The van der Waals surface area contributed by atoms with Crippen LogP contribution in [0.3, 0.4) is 0 Å². The molecule has 0 saturated heterocycles. The molecule has 2 rings (SSSR count). The molecule has 0 spiro atoms. The number of amidine groups is 1. The summed E-state index contributed by atoms with van der Waals surface area (Å²) in [5.41, 5.74) is 3.38. The van der Waals surface area contributed by atoms with E-state index >= 15 is 0 Å². The summed E-state index contributed by atoms with van der Waals surface area (Å²) in [6.45, 7) is 0.824. The molecule has 0 atom stereocenters. The minimum Gasteiger partial charge on any atom is -0.271 e. The Bertz CT molecular complexity index is 557. The Hall–Kier alpha value is -1.95. The second kappa shape index (κ2) is 7.00. The van der Waals surface area contributed by atoms with E-state index in [1.54, 1.807) is 6.07 Å². The van der Waals surface area contributed by atoms with Gasteiger partial charge in [0.05, 0.1) is 11.1 Å². The quantitative estimate of drug-likeness (QED) is 0.528. The average Bonchev–Trinajstić information content (AvgIpc) is 2.69. The summed E-state index contributed by atoms with van der Waals surface area (Å²) in [7, 11) is 0.